The first-order valence-corrected chi connectivity index (χ1v) is 10.1. The summed E-state index contributed by atoms with van der Waals surface area (Å²) in [7, 11) is -1.62. The number of sulfone groups is 1. The van der Waals surface area contributed by atoms with Crippen LogP contribution in [0.25, 0.3) is 0 Å². The Bertz CT molecular complexity index is 797. The third-order valence-corrected chi connectivity index (χ3v) is 6.49. The molecule has 0 radical (unpaired) electrons. The van der Waals surface area contributed by atoms with Crippen molar-refractivity contribution in [2.75, 3.05) is 43.5 Å². The van der Waals surface area contributed by atoms with E-state index in [2.05, 4.69) is 15.3 Å². The van der Waals surface area contributed by atoms with Gasteiger partial charge in [0.2, 0.25) is 5.95 Å². The van der Waals surface area contributed by atoms with Crippen LogP contribution in [-0.2, 0) is 14.6 Å². The van der Waals surface area contributed by atoms with E-state index in [1.54, 1.807) is 11.9 Å². The van der Waals surface area contributed by atoms with Crippen LogP contribution in [0.1, 0.15) is 16.8 Å². The summed E-state index contributed by atoms with van der Waals surface area (Å²) in [6, 6.07) is -0.867. The molecule has 11 heteroatoms. The van der Waals surface area contributed by atoms with Crippen LogP contribution in [0, 0.1) is 0 Å². The summed E-state index contributed by atoms with van der Waals surface area (Å²) in [6.45, 7) is 1.04. The van der Waals surface area contributed by atoms with E-state index in [1.165, 1.54) is 12.4 Å². The molecule has 26 heavy (non-hydrogen) atoms. The Labute approximate surface area is 151 Å². The van der Waals surface area contributed by atoms with Crippen molar-refractivity contribution in [1.82, 2.24) is 19.8 Å². The number of rotatable bonds is 5. The minimum Gasteiger partial charge on any atom is -0.481 e. The van der Waals surface area contributed by atoms with Gasteiger partial charge in [0.05, 0.1) is 29.5 Å². The predicted octanol–water partition coefficient (Wildman–Crippen LogP) is -1.08. The largest absolute Gasteiger partial charge is 0.481 e. The van der Waals surface area contributed by atoms with E-state index in [0.717, 1.165) is 0 Å². The van der Waals surface area contributed by atoms with Gasteiger partial charge in [0, 0.05) is 45.1 Å². The van der Waals surface area contributed by atoms with Crippen molar-refractivity contribution in [2.24, 2.45) is 0 Å². The number of anilines is 1. The molecule has 0 bridgehead atoms. The fourth-order valence-electron chi connectivity index (χ4n) is 3.53. The number of amides is 1. The molecule has 3 rings (SSSR count). The summed E-state index contributed by atoms with van der Waals surface area (Å²) in [5.74, 6) is -1.01. The van der Waals surface area contributed by atoms with Crippen LogP contribution in [0.4, 0.5) is 5.95 Å². The lowest BCUT2D eigenvalue weighted by Crippen LogP contribution is -2.60. The monoisotopic (exact) mass is 383 g/mol. The van der Waals surface area contributed by atoms with Crippen molar-refractivity contribution in [1.29, 1.82) is 0 Å². The Morgan fingerprint density at radius 1 is 1.23 bits per heavy atom. The van der Waals surface area contributed by atoms with Crippen LogP contribution in [0.5, 0.6) is 0 Å². The second kappa shape index (κ2) is 7.16. The molecule has 2 fully saturated rings. The summed E-state index contributed by atoms with van der Waals surface area (Å²) in [4.78, 5) is 35.2. The molecule has 0 spiro atoms. The lowest BCUT2D eigenvalue weighted by molar-refractivity contribution is -0.137. The number of hydrogen-bond donors (Lipinski definition) is 2. The topological polar surface area (TPSA) is 133 Å². The maximum absolute atomic E-state index is 12.8. The maximum atomic E-state index is 12.8. The molecule has 0 aromatic carbocycles. The second-order valence-electron chi connectivity index (χ2n) is 6.44. The van der Waals surface area contributed by atoms with Crippen molar-refractivity contribution >= 4 is 27.7 Å². The van der Waals surface area contributed by atoms with E-state index < -0.39 is 21.8 Å². The molecule has 2 aliphatic heterocycles. The highest BCUT2D eigenvalue weighted by Crippen LogP contribution is 2.28. The van der Waals surface area contributed by atoms with Crippen LogP contribution in [0.15, 0.2) is 12.4 Å². The lowest BCUT2D eigenvalue weighted by Gasteiger charge is -2.43. The van der Waals surface area contributed by atoms with Gasteiger partial charge in [-0.15, -0.1) is 0 Å². The fraction of sp³-hybridized carbons (Fsp3) is 0.600. The van der Waals surface area contributed by atoms with Crippen LogP contribution in [0.2, 0.25) is 0 Å². The molecule has 2 atom stereocenters. The van der Waals surface area contributed by atoms with Gasteiger partial charge in [-0.3, -0.25) is 14.5 Å². The van der Waals surface area contributed by atoms with Gasteiger partial charge in [-0.05, 0) is 0 Å². The maximum Gasteiger partial charge on any atom is 0.304 e. The molecule has 1 amide bonds. The third-order valence-electron chi connectivity index (χ3n) is 4.79. The van der Waals surface area contributed by atoms with E-state index in [4.69, 9.17) is 5.11 Å². The van der Waals surface area contributed by atoms with Gasteiger partial charge in [0.15, 0.2) is 9.84 Å². The summed E-state index contributed by atoms with van der Waals surface area (Å²) in [6.07, 6.45) is 2.77. The van der Waals surface area contributed by atoms with Crippen molar-refractivity contribution in [3.05, 3.63) is 18.0 Å². The molecule has 1 aromatic heterocycles. The highest BCUT2D eigenvalue weighted by molar-refractivity contribution is 7.91. The van der Waals surface area contributed by atoms with Gasteiger partial charge < -0.3 is 15.3 Å². The number of nitrogens with one attached hydrogen (secondary N) is 1. The highest BCUT2D eigenvalue weighted by atomic mass is 32.2. The van der Waals surface area contributed by atoms with Crippen molar-refractivity contribution in [3.8, 4) is 0 Å². The lowest BCUT2D eigenvalue weighted by atomic mass is 10.0. The smallest absolute Gasteiger partial charge is 0.304 e. The third kappa shape index (κ3) is 3.78. The average molecular weight is 383 g/mol. The Morgan fingerprint density at radius 3 is 2.50 bits per heavy atom. The standard InChI is InChI=1S/C15H21N5O5S/c1-16-15-17-6-10(7-18-15)14(23)20-5-4-19(3-2-13(21)22)11-8-26(24,25)9-12(11)20/h6-7,11-12H,2-5,8-9H2,1H3,(H,21,22)(H,16,17,18)/t11-,12+/m1/s1. The average Bonchev–Trinajstić information content (AvgIpc) is 2.94. The van der Waals surface area contributed by atoms with Crippen molar-refractivity contribution in [3.63, 3.8) is 0 Å². The Kier molecular flexibility index (Phi) is 5.10. The van der Waals surface area contributed by atoms with Gasteiger partial charge in [-0.25, -0.2) is 18.4 Å². The second-order valence-corrected chi connectivity index (χ2v) is 8.59. The van der Waals surface area contributed by atoms with Crippen molar-refractivity contribution < 1.29 is 23.1 Å². The molecule has 142 valence electrons. The van der Waals surface area contributed by atoms with Gasteiger partial charge in [0.1, 0.15) is 0 Å². The number of fused-ring (bicyclic) bond motifs is 1. The number of piperazine rings is 1. The summed E-state index contributed by atoms with van der Waals surface area (Å²) >= 11 is 0. The molecule has 0 saturated carbocycles. The van der Waals surface area contributed by atoms with E-state index in [1.807, 2.05) is 4.90 Å². The van der Waals surface area contributed by atoms with Gasteiger partial charge >= 0.3 is 5.97 Å². The molecule has 1 aromatic rings. The van der Waals surface area contributed by atoms with E-state index in [9.17, 15) is 18.0 Å². The van der Waals surface area contributed by atoms with E-state index in [0.29, 0.717) is 24.6 Å². The van der Waals surface area contributed by atoms with Gasteiger partial charge in [0.25, 0.3) is 5.91 Å². The number of carboxylic acids is 1. The van der Waals surface area contributed by atoms with E-state index in [-0.39, 0.29) is 36.4 Å². The minimum atomic E-state index is -3.28. The zero-order chi connectivity index (χ0) is 18.9. The fourth-order valence-corrected chi connectivity index (χ4v) is 5.54. The molecule has 2 aliphatic rings. The summed E-state index contributed by atoms with van der Waals surface area (Å²) in [5.41, 5.74) is 0.297. The van der Waals surface area contributed by atoms with Crippen LogP contribution in [-0.4, -0.2) is 95.4 Å². The van der Waals surface area contributed by atoms with Crippen molar-refractivity contribution in [2.45, 2.75) is 18.5 Å². The number of carbonyl (C=O) groups excluding carboxylic acids is 1. The first-order chi connectivity index (χ1) is 12.3. The molecule has 0 unspecified atom stereocenters. The quantitative estimate of drug-likeness (QED) is 0.651. The Morgan fingerprint density at radius 2 is 1.88 bits per heavy atom. The van der Waals surface area contributed by atoms with Crippen LogP contribution >= 0.6 is 0 Å². The molecule has 2 saturated heterocycles. The number of carboxylic acid groups (broad SMARTS) is 1. The number of nitrogens with zero attached hydrogens (tertiary/aromatic N) is 4. The van der Waals surface area contributed by atoms with Gasteiger partial charge in [-0.1, -0.05) is 0 Å². The predicted molar refractivity (Wildman–Crippen MR) is 92.7 cm³/mol. The SMILES string of the molecule is CNc1ncc(C(=O)N2CCN(CCC(=O)O)[C@@H]3CS(=O)(=O)C[C@@H]32)cn1. The molecular formula is C15H21N5O5S. The van der Waals surface area contributed by atoms with E-state index >= 15 is 0 Å². The first-order valence-electron chi connectivity index (χ1n) is 8.28. The van der Waals surface area contributed by atoms with Crippen LogP contribution < -0.4 is 5.32 Å². The number of hydrogen-bond acceptors (Lipinski definition) is 8. The number of carbonyl (C=O) groups is 2. The zero-order valence-electron chi connectivity index (χ0n) is 14.3. The highest BCUT2D eigenvalue weighted by Gasteiger charge is 2.48. The molecule has 2 N–H and O–H groups in total. The number of aliphatic carboxylic acids is 1. The first kappa shape index (κ1) is 18.5. The normalized spacial score (nSPS) is 24.9. The molecule has 3 heterocycles. The number of aromatic nitrogens is 2. The molecule has 10 nitrogen and oxygen atoms in total. The molecular weight excluding hydrogens is 362 g/mol. The summed E-state index contributed by atoms with van der Waals surface area (Å²) in [5, 5.41) is 11.7. The Hall–Kier alpha value is -2.27. The minimum absolute atomic E-state index is 0.0590. The van der Waals surface area contributed by atoms with Gasteiger partial charge in [-0.2, -0.15) is 0 Å². The Balaban J connectivity index is 1.80. The summed E-state index contributed by atoms with van der Waals surface area (Å²) < 4.78 is 24.3. The van der Waals surface area contributed by atoms with Crippen LogP contribution in [0.3, 0.4) is 0 Å². The zero-order valence-corrected chi connectivity index (χ0v) is 15.1. The molecule has 0 aliphatic carbocycles.